The Morgan fingerprint density at radius 3 is 2.60 bits per heavy atom. The Hall–Kier alpha value is -1.98. The summed E-state index contributed by atoms with van der Waals surface area (Å²) in [7, 11) is -2.22. The van der Waals surface area contributed by atoms with Gasteiger partial charge in [0.15, 0.2) is 0 Å². The molecule has 0 aliphatic rings. The van der Waals surface area contributed by atoms with E-state index >= 15 is 0 Å². The molecule has 168 valence electrons. The van der Waals surface area contributed by atoms with Crippen molar-refractivity contribution in [2.75, 3.05) is 30.0 Å². The number of hydrogen-bond acceptors (Lipinski definition) is 6. The second kappa shape index (κ2) is 10.9. The van der Waals surface area contributed by atoms with Gasteiger partial charge < -0.3 is 0 Å². The quantitative estimate of drug-likeness (QED) is 0.423. The summed E-state index contributed by atoms with van der Waals surface area (Å²) in [5.41, 5.74) is -1.95. The Balaban J connectivity index is 3.27. The third kappa shape index (κ3) is 8.04. The van der Waals surface area contributed by atoms with Gasteiger partial charge in [0.25, 0.3) is 0 Å². The number of nitrogens with zero attached hydrogens (tertiary/aromatic N) is 4. The summed E-state index contributed by atoms with van der Waals surface area (Å²) in [6.07, 6.45) is 0.835. The predicted molar refractivity (Wildman–Crippen MR) is 115 cm³/mol. The van der Waals surface area contributed by atoms with Crippen LogP contribution in [0.5, 0.6) is 0 Å². The Kier molecular flexibility index (Phi) is 9.44. The molecular weight excluding hydrogens is 443 g/mol. The van der Waals surface area contributed by atoms with Gasteiger partial charge in [-0.1, -0.05) is 6.07 Å². The summed E-state index contributed by atoms with van der Waals surface area (Å²) in [6.45, 7) is 3.10. The third-order valence-corrected chi connectivity index (χ3v) is 5.24. The van der Waals surface area contributed by atoms with Gasteiger partial charge in [0.1, 0.15) is 11.5 Å². The van der Waals surface area contributed by atoms with Gasteiger partial charge in [0, 0.05) is 37.4 Å². The first kappa shape index (κ1) is 26.1. The van der Waals surface area contributed by atoms with Gasteiger partial charge in [-0.2, -0.15) is 13.2 Å². The summed E-state index contributed by atoms with van der Waals surface area (Å²) in [5.74, 6) is 0.265. The molecule has 0 radical (unpaired) electrons. The molecule has 1 aromatic rings. The van der Waals surface area contributed by atoms with Gasteiger partial charge in [-0.05, 0) is 32.2 Å². The number of hydrogen-bond donors (Lipinski definition) is 1. The molecule has 0 bridgehead atoms. The number of nitrogens with one attached hydrogen (secondary N) is 1. The maximum atomic E-state index is 13.4. The molecule has 30 heavy (non-hydrogen) atoms. The predicted octanol–water partition coefficient (Wildman–Crippen LogP) is 3.17. The number of allylic oxidation sites excluding steroid dienone is 1. The maximum absolute atomic E-state index is 13.4. The van der Waals surface area contributed by atoms with Gasteiger partial charge in [0.2, 0.25) is 10.0 Å². The van der Waals surface area contributed by atoms with Crippen molar-refractivity contribution < 1.29 is 21.6 Å². The van der Waals surface area contributed by atoms with Crippen LogP contribution in [0.1, 0.15) is 19.4 Å². The second-order valence-corrected chi connectivity index (χ2v) is 8.82. The zero-order valence-electron chi connectivity index (χ0n) is 17.1. The molecule has 1 rings (SSSR count). The Labute approximate surface area is 179 Å². The Bertz CT molecular complexity index is 903. The standard InChI is InChI=1S/C18H25ClF3N5O2S/c1-5-25-17(2,11-15(18(20,21)22)13-23-10-8-19)26-12-14-7-6-9-24-16(14)27(3)30(4,28)29/h5-7,9,11,13,26H,8,10,12H2,1-4H3/b15-11+,23-13?,25-5?. The maximum Gasteiger partial charge on any atom is 0.417 e. The van der Waals surface area contributed by atoms with Gasteiger partial charge >= 0.3 is 6.18 Å². The van der Waals surface area contributed by atoms with E-state index in [0.717, 1.165) is 22.9 Å². The smallest absolute Gasteiger partial charge is 0.291 e. The minimum Gasteiger partial charge on any atom is -0.291 e. The molecule has 0 fully saturated rings. The highest BCUT2D eigenvalue weighted by molar-refractivity contribution is 7.92. The van der Waals surface area contributed by atoms with E-state index in [1.165, 1.54) is 26.4 Å². The monoisotopic (exact) mass is 467 g/mol. The van der Waals surface area contributed by atoms with Crippen molar-refractivity contribution in [3.05, 3.63) is 35.5 Å². The molecule has 0 aliphatic heterocycles. The van der Waals surface area contributed by atoms with Gasteiger partial charge in [0.05, 0.1) is 18.4 Å². The zero-order valence-corrected chi connectivity index (χ0v) is 18.7. The molecule has 12 heteroatoms. The molecule has 1 unspecified atom stereocenters. The molecule has 0 saturated carbocycles. The average Bonchev–Trinajstić information content (AvgIpc) is 2.64. The minimum absolute atomic E-state index is 0.0112. The molecule has 0 aromatic carbocycles. The van der Waals surface area contributed by atoms with Crippen molar-refractivity contribution in [3.8, 4) is 0 Å². The van der Waals surface area contributed by atoms with Crippen LogP contribution in [0.25, 0.3) is 0 Å². The lowest BCUT2D eigenvalue weighted by atomic mass is 10.1. The number of halogens is 4. The summed E-state index contributed by atoms with van der Waals surface area (Å²) in [5, 5.41) is 2.93. The van der Waals surface area contributed by atoms with E-state index in [1.54, 1.807) is 19.1 Å². The van der Waals surface area contributed by atoms with Crippen LogP contribution in [0.4, 0.5) is 19.0 Å². The molecule has 1 N–H and O–H groups in total. The summed E-state index contributed by atoms with van der Waals surface area (Å²) in [6, 6.07) is 3.23. The van der Waals surface area contributed by atoms with E-state index in [4.69, 9.17) is 11.6 Å². The summed E-state index contributed by atoms with van der Waals surface area (Å²) < 4.78 is 65.0. The van der Waals surface area contributed by atoms with Crippen molar-refractivity contribution >= 4 is 39.9 Å². The molecular formula is C18H25ClF3N5O2S. The van der Waals surface area contributed by atoms with E-state index in [0.29, 0.717) is 5.56 Å². The first-order chi connectivity index (χ1) is 13.8. The molecule has 0 amide bonds. The van der Waals surface area contributed by atoms with Crippen LogP contribution in [-0.4, -0.2) is 63.4 Å². The van der Waals surface area contributed by atoms with E-state index in [1.807, 2.05) is 0 Å². The largest absolute Gasteiger partial charge is 0.417 e. The molecule has 1 atom stereocenters. The van der Waals surface area contributed by atoms with Crippen LogP contribution < -0.4 is 9.62 Å². The van der Waals surface area contributed by atoms with Gasteiger partial charge in [-0.25, -0.2) is 13.4 Å². The molecule has 0 aliphatic carbocycles. The van der Waals surface area contributed by atoms with E-state index < -0.39 is 27.4 Å². The van der Waals surface area contributed by atoms with Crippen molar-refractivity contribution in [1.29, 1.82) is 0 Å². The van der Waals surface area contributed by atoms with E-state index in [9.17, 15) is 21.6 Å². The van der Waals surface area contributed by atoms with Crippen LogP contribution in [0, 0.1) is 0 Å². The van der Waals surface area contributed by atoms with Crippen molar-refractivity contribution in [3.63, 3.8) is 0 Å². The molecule has 1 heterocycles. The third-order valence-electron chi connectivity index (χ3n) is 3.91. The van der Waals surface area contributed by atoms with Crippen LogP contribution in [0.3, 0.4) is 0 Å². The lowest BCUT2D eigenvalue weighted by molar-refractivity contribution is -0.0862. The molecule has 7 nitrogen and oxygen atoms in total. The number of aliphatic imine (C=N–C) groups is 2. The normalized spacial score (nSPS) is 15.7. The first-order valence-electron chi connectivity index (χ1n) is 8.82. The van der Waals surface area contributed by atoms with Crippen LogP contribution in [0.15, 0.2) is 40.0 Å². The summed E-state index contributed by atoms with van der Waals surface area (Å²) in [4.78, 5) is 11.9. The number of alkyl halides is 4. The lowest BCUT2D eigenvalue weighted by Crippen LogP contribution is -2.40. The molecule has 0 saturated heterocycles. The fourth-order valence-corrected chi connectivity index (χ4v) is 2.97. The van der Waals surface area contributed by atoms with Gasteiger partial charge in [-0.3, -0.25) is 19.6 Å². The fourth-order valence-electron chi connectivity index (χ4n) is 2.39. The number of anilines is 1. The highest BCUT2D eigenvalue weighted by Gasteiger charge is 2.35. The number of pyridine rings is 1. The Morgan fingerprint density at radius 1 is 1.40 bits per heavy atom. The van der Waals surface area contributed by atoms with Crippen molar-refractivity contribution in [1.82, 2.24) is 10.3 Å². The number of rotatable bonds is 10. The van der Waals surface area contributed by atoms with Crippen LogP contribution in [0.2, 0.25) is 0 Å². The number of sulfonamides is 1. The number of aromatic nitrogens is 1. The zero-order chi connectivity index (χ0) is 23.0. The first-order valence-corrected chi connectivity index (χ1v) is 11.2. The molecule has 1 aromatic heterocycles. The minimum atomic E-state index is -4.64. The highest BCUT2D eigenvalue weighted by atomic mass is 35.5. The van der Waals surface area contributed by atoms with E-state index in [2.05, 4.69) is 20.3 Å². The Morgan fingerprint density at radius 2 is 2.07 bits per heavy atom. The second-order valence-electron chi connectivity index (χ2n) is 6.43. The van der Waals surface area contributed by atoms with Crippen LogP contribution in [-0.2, 0) is 16.6 Å². The fraction of sp³-hybridized carbons (Fsp3) is 0.500. The van der Waals surface area contributed by atoms with Crippen LogP contribution >= 0.6 is 11.6 Å². The van der Waals surface area contributed by atoms with Crippen molar-refractivity contribution in [2.45, 2.75) is 32.2 Å². The average molecular weight is 468 g/mol. The van der Waals surface area contributed by atoms with Crippen molar-refractivity contribution in [2.24, 2.45) is 9.98 Å². The van der Waals surface area contributed by atoms with Gasteiger partial charge in [-0.15, -0.1) is 11.6 Å². The topological polar surface area (TPSA) is 87.0 Å². The SMILES string of the molecule is CC=NC(C)(/C=C(\C=NCCCl)C(F)(F)F)NCc1cccnc1N(C)S(C)(=O)=O. The lowest BCUT2D eigenvalue weighted by Gasteiger charge is -2.26. The highest BCUT2D eigenvalue weighted by Crippen LogP contribution is 2.27. The molecule has 0 spiro atoms. The summed E-state index contributed by atoms with van der Waals surface area (Å²) >= 11 is 5.47. The van der Waals surface area contributed by atoms with E-state index in [-0.39, 0.29) is 24.8 Å².